The molecule has 1 aliphatic rings. The molecule has 1 aromatic carbocycles. The smallest absolute Gasteiger partial charge is 0.371 e. The molecule has 1 saturated heterocycles. The number of benzene rings is 1. The molecule has 2 rings (SSSR count). The molecular formula is C15H21F3N2. The predicted octanol–water partition coefficient (Wildman–Crippen LogP) is 3.65. The summed E-state index contributed by atoms with van der Waals surface area (Å²) in [6, 6.07) is 4.49. The van der Waals surface area contributed by atoms with Gasteiger partial charge in [0.2, 0.25) is 0 Å². The third-order valence-electron chi connectivity index (χ3n) is 4.15. The lowest BCUT2D eigenvalue weighted by molar-refractivity contribution is -0.138. The summed E-state index contributed by atoms with van der Waals surface area (Å²) < 4.78 is 39.1. The van der Waals surface area contributed by atoms with Gasteiger partial charge in [-0.15, -0.1) is 0 Å². The second-order valence-electron chi connectivity index (χ2n) is 5.78. The van der Waals surface area contributed by atoms with Crippen molar-refractivity contribution in [2.24, 2.45) is 17.6 Å². The van der Waals surface area contributed by atoms with E-state index in [1.807, 2.05) is 4.90 Å². The van der Waals surface area contributed by atoms with Gasteiger partial charge in [-0.25, -0.2) is 0 Å². The standard InChI is InChI=1S/C15H21F3N2/c1-10(2)12-5-6-20(9-12)13-4-3-11(8-19)14(7-13)15(16,17)18/h3-4,7,10,12H,5-6,8-9,19H2,1-2H3. The average molecular weight is 286 g/mol. The maximum Gasteiger partial charge on any atom is 0.416 e. The first kappa shape index (κ1) is 15.2. The van der Waals surface area contributed by atoms with Gasteiger partial charge in [0, 0.05) is 25.3 Å². The average Bonchev–Trinajstić information content (AvgIpc) is 2.86. The Labute approximate surface area is 117 Å². The van der Waals surface area contributed by atoms with Crippen molar-refractivity contribution in [3.63, 3.8) is 0 Å². The lowest BCUT2D eigenvalue weighted by atomic mass is 9.95. The molecule has 1 fully saturated rings. The molecular weight excluding hydrogens is 265 g/mol. The summed E-state index contributed by atoms with van der Waals surface area (Å²) in [5.41, 5.74) is 5.60. The van der Waals surface area contributed by atoms with Gasteiger partial charge >= 0.3 is 6.18 Å². The van der Waals surface area contributed by atoms with Crippen molar-refractivity contribution in [2.75, 3.05) is 18.0 Å². The fourth-order valence-corrected chi connectivity index (χ4v) is 2.77. The topological polar surface area (TPSA) is 29.3 Å². The summed E-state index contributed by atoms with van der Waals surface area (Å²) >= 11 is 0. The largest absolute Gasteiger partial charge is 0.416 e. The van der Waals surface area contributed by atoms with Crippen LogP contribution in [-0.4, -0.2) is 13.1 Å². The Hall–Kier alpha value is -1.23. The summed E-state index contributed by atoms with van der Waals surface area (Å²) in [5, 5.41) is 0. The van der Waals surface area contributed by atoms with E-state index in [-0.39, 0.29) is 12.1 Å². The van der Waals surface area contributed by atoms with E-state index in [4.69, 9.17) is 5.73 Å². The first-order valence-corrected chi connectivity index (χ1v) is 6.98. The summed E-state index contributed by atoms with van der Waals surface area (Å²) in [6.45, 7) is 5.88. The first-order valence-electron chi connectivity index (χ1n) is 6.98. The van der Waals surface area contributed by atoms with Gasteiger partial charge in [-0.2, -0.15) is 13.2 Å². The monoisotopic (exact) mass is 286 g/mol. The van der Waals surface area contributed by atoms with E-state index in [1.54, 1.807) is 6.07 Å². The molecule has 5 heteroatoms. The number of hydrogen-bond acceptors (Lipinski definition) is 2. The van der Waals surface area contributed by atoms with E-state index < -0.39 is 11.7 Å². The molecule has 20 heavy (non-hydrogen) atoms. The van der Waals surface area contributed by atoms with Crippen LogP contribution in [0.4, 0.5) is 18.9 Å². The third kappa shape index (κ3) is 3.08. The lowest BCUT2D eigenvalue weighted by Gasteiger charge is -2.22. The molecule has 2 N–H and O–H groups in total. The number of anilines is 1. The van der Waals surface area contributed by atoms with Crippen LogP contribution in [0.5, 0.6) is 0 Å². The first-order chi connectivity index (χ1) is 9.32. The zero-order valence-electron chi connectivity index (χ0n) is 11.9. The summed E-state index contributed by atoms with van der Waals surface area (Å²) in [4.78, 5) is 2.04. The van der Waals surface area contributed by atoms with Gasteiger partial charge in [0.25, 0.3) is 0 Å². The Bertz CT molecular complexity index is 469. The molecule has 112 valence electrons. The summed E-state index contributed by atoms with van der Waals surface area (Å²) in [6.07, 6.45) is -3.31. The van der Waals surface area contributed by atoms with Crippen LogP contribution in [0.25, 0.3) is 0 Å². The third-order valence-corrected chi connectivity index (χ3v) is 4.15. The fraction of sp³-hybridized carbons (Fsp3) is 0.600. The molecule has 0 spiro atoms. The van der Waals surface area contributed by atoms with Gasteiger partial charge in [0.1, 0.15) is 0 Å². The molecule has 1 aliphatic heterocycles. The Morgan fingerprint density at radius 3 is 2.55 bits per heavy atom. The number of halogens is 3. The fourth-order valence-electron chi connectivity index (χ4n) is 2.77. The predicted molar refractivity (Wildman–Crippen MR) is 74.5 cm³/mol. The highest BCUT2D eigenvalue weighted by molar-refractivity contribution is 5.52. The van der Waals surface area contributed by atoms with E-state index in [0.717, 1.165) is 19.5 Å². The number of hydrogen-bond donors (Lipinski definition) is 1. The van der Waals surface area contributed by atoms with Crippen molar-refractivity contribution in [3.05, 3.63) is 29.3 Å². The second-order valence-corrected chi connectivity index (χ2v) is 5.78. The van der Waals surface area contributed by atoms with Crippen molar-refractivity contribution < 1.29 is 13.2 Å². The van der Waals surface area contributed by atoms with Crippen LogP contribution in [0.1, 0.15) is 31.4 Å². The number of nitrogens with two attached hydrogens (primary N) is 1. The number of rotatable bonds is 3. The van der Waals surface area contributed by atoms with Gasteiger partial charge < -0.3 is 10.6 Å². The Balaban J connectivity index is 2.26. The molecule has 0 aromatic heterocycles. The summed E-state index contributed by atoms with van der Waals surface area (Å²) in [7, 11) is 0. The van der Waals surface area contributed by atoms with Crippen LogP contribution in [0, 0.1) is 11.8 Å². The van der Waals surface area contributed by atoms with Crippen LogP contribution >= 0.6 is 0 Å². The zero-order valence-corrected chi connectivity index (χ0v) is 11.9. The Morgan fingerprint density at radius 1 is 1.35 bits per heavy atom. The van der Waals surface area contributed by atoms with Crippen LogP contribution in [0.3, 0.4) is 0 Å². The molecule has 0 amide bonds. The van der Waals surface area contributed by atoms with Gasteiger partial charge in [-0.1, -0.05) is 19.9 Å². The van der Waals surface area contributed by atoms with E-state index in [9.17, 15) is 13.2 Å². The van der Waals surface area contributed by atoms with Crippen LogP contribution < -0.4 is 10.6 Å². The maximum atomic E-state index is 13.0. The molecule has 1 unspecified atom stereocenters. The van der Waals surface area contributed by atoms with Crippen molar-refractivity contribution >= 4 is 5.69 Å². The SMILES string of the molecule is CC(C)C1CCN(c2ccc(CN)c(C(F)(F)F)c2)C1. The highest BCUT2D eigenvalue weighted by Gasteiger charge is 2.34. The molecule has 0 aliphatic carbocycles. The van der Waals surface area contributed by atoms with Crippen molar-refractivity contribution in [2.45, 2.75) is 33.0 Å². The van der Waals surface area contributed by atoms with Crippen molar-refractivity contribution in [3.8, 4) is 0 Å². The molecule has 1 aromatic rings. The minimum Gasteiger partial charge on any atom is -0.371 e. The minimum absolute atomic E-state index is 0.0935. The Kier molecular flexibility index (Phi) is 4.28. The molecule has 1 atom stereocenters. The van der Waals surface area contributed by atoms with Gasteiger partial charge in [-0.3, -0.25) is 0 Å². The highest BCUT2D eigenvalue weighted by atomic mass is 19.4. The van der Waals surface area contributed by atoms with Crippen LogP contribution in [0.15, 0.2) is 18.2 Å². The normalized spacial score (nSPS) is 19.9. The van der Waals surface area contributed by atoms with E-state index in [0.29, 0.717) is 17.5 Å². The van der Waals surface area contributed by atoms with Crippen molar-refractivity contribution in [1.29, 1.82) is 0 Å². The van der Waals surface area contributed by atoms with E-state index >= 15 is 0 Å². The minimum atomic E-state index is -4.35. The molecule has 0 radical (unpaired) electrons. The number of nitrogens with zero attached hydrogens (tertiary/aromatic N) is 1. The van der Waals surface area contributed by atoms with Gasteiger partial charge in [-0.05, 0) is 36.0 Å². The highest BCUT2D eigenvalue weighted by Crippen LogP contribution is 2.36. The molecule has 0 bridgehead atoms. The van der Waals surface area contributed by atoms with Crippen LogP contribution in [-0.2, 0) is 12.7 Å². The van der Waals surface area contributed by atoms with Crippen molar-refractivity contribution in [1.82, 2.24) is 0 Å². The quantitative estimate of drug-likeness (QED) is 0.919. The lowest BCUT2D eigenvalue weighted by Crippen LogP contribution is -2.22. The van der Waals surface area contributed by atoms with E-state index in [1.165, 1.54) is 12.1 Å². The van der Waals surface area contributed by atoms with E-state index in [2.05, 4.69) is 13.8 Å². The van der Waals surface area contributed by atoms with Gasteiger partial charge in [0.15, 0.2) is 0 Å². The molecule has 1 heterocycles. The van der Waals surface area contributed by atoms with Crippen LogP contribution in [0.2, 0.25) is 0 Å². The molecule has 0 saturated carbocycles. The maximum absolute atomic E-state index is 13.0. The van der Waals surface area contributed by atoms with Gasteiger partial charge in [0.05, 0.1) is 5.56 Å². The zero-order chi connectivity index (χ0) is 14.9. The molecule has 2 nitrogen and oxygen atoms in total. The second kappa shape index (κ2) is 5.64. The number of alkyl halides is 3. The Morgan fingerprint density at radius 2 is 2.05 bits per heavy atom. The summed E-state index contributed by atoms with van der Waals surface area (Å²) in [5.74, 6) is 1.11.